The third kappa shape index (κ3) is 2.32. The minimum Gasteiger partial charge on any atom is -0.710 e. The summed E-state index contributed by atoms with van der Waals surface area (Å²) in [7, 11) is 0. The third-order valence-electron chi connectivity index (χ3n) is 3.90. The van der Waals surface area contributed by atoms with Gasteiger partial charge in [0.25, 0.3) is 0 Å². The monoisotopic (exact) mass is 298 g/mol. The zero-order chi connectivity index (χ0) is 15.6. The van der Waals surface area contributed by atoms with Gasteiger partial charge in [0.05, 0.1) is 5.39 Å². The minimum absolute atomic E-state index is 0.436. The van der Waals surface area contributed by atoms with Gasteiger partial charge < -0.3 is 5.21 Å². The van der Waals surface area contributed by atoms with Gasteiger partial charge in [-0.05, 0) is 28.7 Å². The van der Waals surface area contributed by atoms with Gasteiger partial charge in [-0.25, -0.2) is 4.73 Å². The lowest BCUT2D eigenvalue weighted by Gasteiger charge is -2.16. The number of benzene rings is 2. The molecule has 4 rings (SSSR count). The van der Waals surface area contributed by atoms with E-state index < -0.39 is 0 Å². The van der Waals surface area contributed by atoms with E-state index in [1.165, 1.54) is 0 Å². The summed E-state index contributed by atoms with van der Waals surface area (Å²) in [5.74, 6) is 0. The van der Waals surface area contributed by atoms with E-state index >= 15 is 0 Å². The molecule has 0 aliphatic carbocycles. The Labute approximate surface area is 134 Å². The Hall–Kier alpha value is -3.20. The predicted molar refractivity (Wildman–Crippen MR) is 91.6 cm³/mol. The van der Waals surface area contributed by atoms with Gasteiger partial charge in [-0.2, -0.15) is 0 Å². The van der Waals surface area contributed by atoms with Crippen LogP contribution in [0.25, 0.3) is 33.4 Å². The quantitative estimate of drug-likeness (QED) is 0.411. The minimum atomic E-state index is 0.436. The van der Waals surface area contributed by atoms with Gasteiger partial charge >= 0.3 is 5.65 Å². The van der Waals surface area contributed by atoms with E-state index in [1.54, 1.807) is 6.20 Å². The first-order valence-corrected chi connectivity index (χ1v) is 7.47. The molecule has 3 nitrogen and oxygen atoms in total. The summed E-state index contributed by atoms with van der Waals surface area (Å²) in [5, 5.41) is 13.8. The molecule has 0 saturated heterocycles. The molecule has 23 heavy (non-hydrogen) atoms. The molecule has 0 aliphatic rings. The van der Waals surface area contributed by atoms with Crippen LogP contribution < -0.4 is 4.73 Å². The number of pyridine rings is 2. The summed E-state index contributed by atoms with van der Waals surface area (Å²) in [6, 6.07) is 25.5. The van der Waals surface area contributed by atoms with Crippen molar-refractivity contribution in [3.05, 3.63) is 90.3 Å². The van der Waals surface area contributed by atoms with E-state index in [0.717, 1.165) is 26.8 Å². The molecule has 2 heterocycles. The highest BCUT2D eigenvalue weighted by Gasteiger charge is 2.18. The fourth-order valence-corrected chi connectivity index (χ4v) is 2.84. The fraction of sp³-hybridized carbons (Fsp3) is 0. The Kier molecular flexibility index (Phi) is 3.24. The normalized spacial score (nSPS) is 10.8. The van der Waals surface area contributed by atoms with Crippen molar-refractivity contribution in [3.63, 3.8) is 0 Å². The summed E-state index contributed by atoms with van der Waals surface area (Å²) < 4.78 is 0.937. The molecule has 4 aromatic rings. The van der Waals surface area contributed by atoms with Gasteiger partial charge in [0.1, 0.15) is 11.9 Å². The van der Waals surface area contributed by atoms with Gasteiger partial charge in [-0.1, -0.05) is 60.7 Å². The maximum absolute atomic E-state index is 13.0. The molecule has 0 saturated carbocycles. The maximum atomic E-state index is 13.0. The van der Waals surface area contributed by atoms with Crippen LogP contribution in [0.15, 0.2) is 85.1 Å². The van der Waals surface area contributed by atoms with Crippen LogP contribution in [0, 0.1) is 5.21 Å². The second-order valence-electron chi connectivity index (χ2n) is 5.35. The topological polar surface area (TPSA) is 39.8 Å². The molecule has 110 valence electrons. The van der Waals surface area contributed by atoms with Gasteiger partial charge in [-0.3, -0.25) is 0 Å². The predicted octanol–water partition coefficient (Wildman–Crippen LogP) is 4.20. The van der Waals surface area contributed by atoms with Crippen LogP contribution in [0.1, 0.15) is 0 Å². The SMILES string of the molecule is [O-][n+]1c(-c2ccccc2)c(-c2ccccc2)cc2cccnc21. The fourth-order valence-electron chi connectivity index (χ4n) is 2.84. The standard InChI is InChI=1S/C20H14N2O/c23-22-19(16-10-5-2-6-11-16)18(15-8-3-1-4-9-15)14-17-12-7-13-21-20(17)22/h1-14H. The Balaban J connectivity index is 2.11. The first-order valence-electron chi connectivity index (χ1n) is 7.47. The molecule has 0 fully saturated rings. The van der Waals surface area contributed by atoms with Crippen LogP contribution >= 0.6 is 0 Å². The molecule has 0 atom stereocenters. The number of rotatable bonds is 2. The lowest BCUT2D eigenvalue weighted by atomic mass is 9.98. The van der Waals surface area contributed by atoms with Gasteiger partial charge in [0, 0.05) is 11.1 Å². The smallest absolute Gasteiger partial charge is 0.333 e. The Morgan fingerprint density at radius 3 is 2.09 bits per heavy atom. The summed E-state index contributed by atoms with van der Waals surface area (Å²) in [5.41, 5.74) is 3.87. The summed E-state index contributed by atoms with van der Waals surface area (Å²) in [6.07, 6.45) is 1.65. The summed E-state index contributed by atoms with van der Waals surface area (Å²) >= 11 is 0. The third-order valence-corrected chi connectivity index (χ3v) is 3.90. The summed E-state index contributed by atoms with van der Waals surface area (Å²) in [6.45, 7) is 0. The highest BCUT2D eigenvalue weighted by Crippen LogP contribution is 2.31. The number of fused-ring (bicyclic) bond motifs is 1. The van der Waals surface area contributed by atoms with E-state index in [4.69, 9.17) is 0 Å². The van der Waals surface area contributed by atoms with Crippen molar-refractivity contribution in [2.75, 3.05) is 0 Å². The van der Waals surface area contributed by atoms with Crippen LogP contribution in [0.3, 0.4) is 0 Å². The lowest BCUT2D eigenvalue weighted by molar-refractivity contribution is -0.566. The Morgan fingerprint density at radius 1 is 0.739 bits per heavy atom. The molecular weight excluding hydrogens is 284 g/mol. The van der Waals surface area contributed by atoms with Crippen LogP contribution in [0.5, 0.6) is 0 Å². The molecule has 0 bridgehead atoms. The van der Waals surface area contributed by atoms with Crippen molar-refractivity contribution in [2.24, 2.45) is 0 Å². The van der Waals surface area contributed by atoms with Crippen molar-refractivity contribution in [1.82, 2.24) is 4.98 Å². The maximum Gasteiger partial charge on any atom is 0.333 e. The van der Waals surface area contributed by atoms with Crippen molar-refractivity contribution in [1.29, 1.82) is 0 Å². The lowest BCUT2D eigenvalue weighted by Crippen LogP contribution is -2.31. The molecule has 0 N–H and O–H groups in total. The summed E-state index contributed by atoms with van der Waals surface area (Å²) in [4.78, 5) is 4.25. The van der Waals surface area contributed by atoms with Crippen LogP contribution in [-0.4, -0.2) is 4.98 Å². The van der Waals surface area contributed by atoms with E-state index in [2.05, 4.69) is 4.98 Å². The van der Waals surface area contributed by atoms with Crippen molar-refractivity contribution in [2.45, 2.75) is 0 Å². The second-order valence-corrected chi connectivity index (χ2v) is 5.35. The van der Waals surface area contributed by atoms with Gasteiger partial charge in [0.2, 0.25) is 0 Å². The zero-order valence-electron chi connectivity index (χ0n) is 12.4. The van der Waals surface area contributed by atoms with Crippen LogP contribution in [0.2, 0.25) is 0 Å². The number of aromatic nitrogens is 2. The van der Waals surface area contributed by atoms with Gasteiger partial charge in [0.15, 0.2) is 0 Å². The van der Waals surface area contributed by atoms with E-state index in [0.29, 0.717) is 11.3 Å². The molecule has 0 amide bonds. The van der Waals surface area contributed by atoms with E-state index in [1.807, 2.05) is 78.9 Å². The molecular formula is C20H14N2O. The molecule has 0 aliphatic heterocycles. The van der Waals surface area contributed by atoms with Crippen molar-refractivity contribution in [3.8, 4) is 22.4 Å². The van der Waals surface area contributed by atoms with Crippen molar-refractivity contribution < 1.29 is 4.73 Å². The van der Waals surface area contributed by atoms with Crippen LogP contribution in [0.4, 0.5) is 0 Å². The number of nitrogens with zero attached hydrogens (tertiary/aromatic N) is 2. The van der Waals surface area contributed by atoms with Crippen LogP contribution in [-0.2, 0) is 0 Å². The molecule has 2 aromatic heterocycles. The van der Waals surface area contributed by atoms with Gasteiger partial charge in [-0.15, -0.1) is 0 Å². The first kappa shape index (κ1) is 13.5. The molecule has 2 aromatic carbocycles. The Bertz CT molecular complexity index is 967. The second kappa shape index (κ2) is 5.54. The highest BCUT2D eigenvalue weighted by molar-refractivity contribution is 5.86. The largest absolute Gasteiger partial charge is 0.710 e. The zero-order valence-corrected chi connectivity index (χ0v) is 12.4. The first-order chi connectivity index (χ1) is 11.3. The average molecular weight is 298 g/mol. The van der Waals surface area contributed by atoms with E-state index in [-0.39, 0.29) is 0 Å². The Morgan fingerprint density at radius 2 is 1.39 bits per heavy atom. The number of hydrogen-bond donors (Lipinski definition) is 0. The van der Waals surface area contributed by atoms with Crippen molar-refractivity contribution >= 4 is 11.0 Å². The average Bonchev–Trinajstić information content (AvgIpc) is 2.63. The highest BCUT2D eigenvalue weighted by atomic mass is 16.5. The molecule has 0 radical (unpaired) electrons. The molecule has 0 unspecified atom stereocenters. The molecule has 3 heteroatoms. The van der Waals surface area contributed by atoms with E-state index in [9.17, 15) is 5.21 Å². The number of hydrogen-bond acceptors (Lipinski definition) is 2. The molecule has 0 spiro atoms.